The zero-order valence-electron chi connectivity index (χ0n) is 23.9. The molecule has 0 saturated heterocycles. The van der Waals surface area contributed by atoms with E-state index in [9.17, 15) is 13.2 Å². The first-order valence-corrected chi connectivity index (χ1v) is 15.2. The third-order valence-electron chi connectivity index (χ3n) is 8.45. The highest BCUT2D eigenvalue weighted by molar-refractivity contribution is 5.70. The Morgan fingerprint density at radius 1 is 0.732 bits per heavy atom. The molecule has 1 nitrogen and oxygen atoms in total. The van der Waals surface area contributed by atoms with E-state index in [-0.39, 0.29) is 22.4 Å². The number of hydrogen-bond donors (Lipinski definition) is 0. The summed E-state index contributed by atoms with van der Waals surface area (Å²) in [5, 5.41) is 0. The van der Waals surface area contributed by atoms with Crippen LogP contribution >= 0.6 is 0 Å². The second-order valence-corrected chi connectivity index (χ2v) is 11.5. The minimum absolute atomic E-state index is 0.0327. The van der Waals surface area contributed by atoms with Crippen LogP contribution in [0.2, 0.25) is 0 Å². The summed E-state index contributed by atoms with van der Waals surface area (Å²) in [6, 6.07) is 13.5. The highest BCUT2D eigenvalue weighted by Crippen LogP contribution is 2.41. The average Bonchev–Trinajstić information content (AvgIpc) is 2.97. The quantitative estimate of drug-likeness (QED) is 0.106. The maximum absolute atomic E-state index is 15.2. The predicted molar refractivity (Wildman–Crippen MR) is 155 cm³/mol. The van der Waals surface area contributed by atoms with Crippen molar-refractivity contribution in [3.8, 4) is 16.9 Å². The van der Waals surface area contributed by atoms with Crippen LogP contribution < -0.4 is 4.74 Å². The summed E-state index contributed by atoms with van der Waals surface area (Å²) in [5.74, 6) is -3.54. The Bertz CT molecular complexity index is 1210. The number of benzene rings is 3. The Morgan fingerprint density at radius 3 is 1.95 bits per heavy atom. The number of ether oxygens (including phenoxy) is 1. The third kappa shape index (κ3) is 8.56. The van der Waals surface area contributed by atoms with E-state index >= 15 is 8.78 Å². The van der Waals surface area contributed by atoms with Gasteiger partial charge in [-0.2, -0.15) is 8.78 Å². The third-order valence-corrected chi connectivity index (χ3v) is 8.45. The highest BCUT2D eigenvalue weighted by atomic mass is 19.3. The minimum atomic E-state index is -3.68. The molecule has 1 saturated carbocycles. The summed E-state index contributed by atoms with van der Waals surface area (Å²) >= 11 is 0. The molecule has 0 spiro atoms. The first-order valence-electron chi connectivity index (χ1n) is 15.2. The molecule has 0 amide bonds. The molecular weight excluding hydrogens is 531 g/mol. The van der Waals surface area contributed by atoms with Crippen molar-refractivity contribution in [2.24, 2.45) is 5.92 Å². The highest BCUT2D eigenvalue weighted by Gasteiger charge is 2.35. The van der Waals surface area contributed by atoms with Crippen molar-refractivity contribution in [1.29, 1.82) is 0 Å². The molecule has 0 unspecified atom stereocenters. The van der Waals surface area contributed by atoms with E-state index in [1.54, 1.807) is 12.1 Å². The van der Waals surface area contributed by atoms with Gasteiger partial charge in [-0.1, -0.05) is 95.0 Å². The number of para-hydroxylation sites is 1. The molecule has 0 radical (unpaired) electrons. The molecule has 0 N–H and O–H groups in total. The molecule has 222 valence electrons. The molecule has 0 bridgehead atoms. The number of alkyl halides is 2. The molecule has 0 heterocycles. The lowest BCUT2D eigenvalue weighted by Crippen LogP contribution is -2.22. The normalized spacial score (nSPS) is 17.5. The van der Waals surface area contributed by atoms with E-state index in [0.717, 1.165) is 36.5 Å². The maximum atomic E-state index is 15.2. The zero-order valence-corrected chi connectivity index (χ0v) is 23.9. The summed E-state index contributed by atoms with van der Waals surface area (Å²) in [6.45, 7) is 2.25. The summed E-state index contributed by atoms with van der Waals surface area (Å²) in [4.78, 5) is 0. The van der Waals surface area contributed by atoms with E-state index in [0.29, 0.717) is 5.92 Å². The van der Waals surface area contributed by atoms with Gasteiger partial charge < -0.3 is 4.74 Å². The Balaban J connectivity index is 1.30. The van der Waals surface area contributed by atoms with Gasteiger partial charge in [-0.15, -0.1) is 0 Å². The van der Waals surface area contributed by atoms with Crippen LogP contribution in [0.1, 0.15) is 107 Å². The van der Waals surface area contributed by atoms with Gasteiger partial charge in [0.05, 0.1) is 5.56 Å². The number of unbranched alkanes of at least 4 members (excludes halogenated alkanes) is 7. The Hall–Kier alpha value is -2.89. The van der Waals surface area contributed by atoms with Crippen LogP contribution in [0.3, 0.4) is 0 Å². The van der Waals surface area contributed by atoms with Gasteiger partial charge in [-0.3, -0.25) is 0 Å². The van der Waals surface area contributed by atoms with Gasteiger partial charge in [0.1, 0.15) is 5.75 Å². The molecule has 0 aromatic heterocycles. The van der Waals surface area contributed by atoms with E-state index in [4.69, 9.17) is 4.74 Å². The molecule has 0 atom stereocenters. The summed E-state index contributed by atoms with van der Waals surface area (Å²) < 4.78 is 76.5. The molecule has 4 rings (SSSR count). The summed E-state index contributed by atoms with van der Waals surface area (Å²) in [7, 11) is 0. The van der Waals surface area contributed by atoms with E-state index in [1.807, 2.05) is 0 Å². The van der Waals surface area contributed by atoms with E-state index in [1.165, 1.54) is 107 Å². The molecule has 1 fully saturated rings. The molecule has 3 aromatic rings. The van der Waals surface area contributed by atoms with Crippen molar-refractivity contribution < 1.29 is 26.7 Å². The Labute approximate surface area is 241 Å². The average molecular weight is 573 g/mol. The zero-order chi connectivity index (χ0) is 29.2. The van der Waals surface area contributed by atoms with Crippen molar-refractivity contribution in [3.63, 3.8) is 0 Å². The van der Waals surface area contributed by atoms with Crippen LogP contribution in [0.4, 0.5) is 22.0 Å². The monoisotopic (exact) mass is 572 g/mol. The van der Waals surface area contributed by atoms with Gasteiger partial charge in [0.25, 0.3) is 0 Å². The summed E-state index contributed by atoms with van der Waals surface area (Å²) in [5.41, 5.74) is 0.690. The van der Waals surface area contributed by atoms with E-state index in [2.05, 4.69) is 6.92 Å². The van der Waals surface area contributed by atoms with Crippen molar-refractivity contribution >= 4 is 0 Å². The molecule has 3 aromatic carbocycles. The topological polar surface area (TPSA) is 9.23 Å². The van der Waals surface area contributed by atoms with Gasteiger partial charge in [0, 0.05) is 5.56 Å². The van der Waals surface area contributed by atoms with Gasteiger partial charge >= 0.3 is 6.11 Å². The van der Waals surface area contributed by atoms with E-state index < -0.39 is 23.6 Å². The van der Waals surface area contributed by atoms with Crippen molar-refractivity contribution in [2.75, 3.05) is 0 Å². The molecular formula is C35H41F5O. The second kappa shape index (κ2) is 14.8. The molecule has 41 heavy (non-hydrogen) atoms. The number of hydrogen-bond acceptors (Lipinski definition) is 1. The fourth-order valence-corrected chi connectivity index (χ4v) is 6.00. The van der Waals surface area contributed by atoms with Crippen molar-refractivity contribution in [2.45, 2.75) is 102 Å². The first-order chi connectivity index (χ1) is 19.8. The first kappa shape index (κ1) is 31.1. The van der Waals surface area contributed by atoms with Gasteiger partial charge in [0.15, 0.2) is 17.5 Å². The van der Waals surface area contributed by atoms with Gasteiger partial charge in [0.2, 0.25) is 0 Å². The second-order valence-electron chi connectivity index (χ2n) is 11.5. The Morgan fingerprint density at radius 2 is 1.32 bits per heavy atom. The van der Waals surface area contributed by atoms with Crippen LogP contribution in [0.5, 0.6) is 5.75 Å². The lowest BCUT2D eigenvalue weighted by molar-refractivity contribution is -0.185. The molecule has 1 aliphatic carbocycles. The van der Waals surface area contributed by atoms with Gasteiger partial charge in [-0.25, -0.2) is 13.2 Å². The smallest absolute Gasteiger partial charge is 0.426 e. The lowest BCUT2D eigenvalue weighted by atomic mass is 9.77. The standard InChI is InChI=1S/C35H41F5O/c1-2-3-4-5-6-7-8-9-12-25-15-17-26(18-16-25)27-19-21-29(22-20-27)35(39,40)41-33-14-11-10-13-30(33)28-23-31(36)34(38)32(37)24-28/h10-11,13-14,19-26H,2-9,12,15-18H2,1H3. The fourth-order valence-electron chi connectivity index (χ4n) is 6.00. The lowest BCUT2D eigenvalue weighted by Gasteiger charge is -2.29. The van der Waals surface area contributed by atoms with Crippen LogP contribution in [-0.2, 0) is 6.11 Å². The van der Waals surface area contributed by atoms with Crippen LogP contribution in [0, 0.1) is 23.4 Å². The molecule has 0 aliphatic heterocycles. The minimum Gasteiger partial charge on any atom is -0.428 e. The van der Waals surface area contributed by atoms with Crippen molar-refractivity contribution in [1.82, 2.24) is 0 Å². The van der Waals surface area contributed by atoms with Crippen LogP contribution in [-0.4, -0.2) is 0 Å². The summed E-state index contributed by atoms with van der Waals surface area (Å²) in [6.07, 6.45) is 12.8. The van der Waals surface area contributed by atoms with Crippen LogP contribution in [0.15, 0.2) is 60.7 Å². The van der Waals surface area contributed by atoms with Gasteiger partial charge in [-0.05, 0) is 79.0 Å². The molecule has 6 heteroatoms. The fraction of sp³-hybridized carbons (Fsp3) is 0.486. The van der Waals surface area contributed by atoms with Crippen molar-refractivity contribution in [3.05, 3.63) is 89.2 Å². The van der Waals surface area contributed by atoms with Crippen LogP contribution in [0.25, 0.3) is 11.1 Å². The Kier molecular flexibility index (Phi) is 11.2. The molecule has 1 aliphatic rings. The maximum Gasteiger partial charge on any atom is 0.426 e. The number of rotatable bonds is 14. The number of halogens is 5. The predicted octanol–water partition coefficient (Wildman–Crippen LogP) is 11.7. The SMILES string of the molecule is CCCCCCCCCCC1CCC(c2ccc(C(F)(F)Oc3ccccc3-c3cc(F)c(F)c(F)c3)cc2)CC1. The largest absolute Gasteiger partial charge is 0.428 e.